The second-order valence-corrected chi connectivity index (χ2v) is 3.09. The molecule has 0 fully saturated rings. The molecular weight excluding hydrogens is 192 g/mol. The Morgan fingerprint density at radius 2 is 2.15 bits per heavy atom. The van der Waals surface area contributed by atoms with Crippen molar-refractivity contribution in [1.82, 2.24) is 0 Å². The maximum absolute atomic E-state index is 10.2. The van der Waals surface area contributed by atoms with Crippen molar-refractivity contribution >= 4 is 17.6 Å². The fraction of sp³-hybridized carbons (Fsp3) is 0.222. The van der Waals surface area contributed by atoms with E-state index < -0.39 is 5.97 Å². The molecule has 13 heavy (non-hydrogen) atoms. The Morgan fingerprint density at radius 1 is 1.46 bits per heavy atom. The molecule has 3 nitrogen and oxygen atoms in total. The monoisotopic (exact) mass is 200 g/mol. The van der Waals surface area contributed by atoms with Crippen LogP contribution in [0.25, 0.3) is 0 Å². The number of aliphatic carboxylic acids is 1. The first-order chi connectivity index (χ1) is 6.09. The molecule has 0 spiro atoms. The highest BCUT2D eigenvalue weighted by molar-refractivity contribution is 6.31. The summed E-state index contributed by atoms with van der Waals surface area (Å²) in [6, 6.07) is 4.73. The highest BCUT2D eigenvalue weighted by atomic mass is 35.5. The van der Waals surface area contributed by atoms with Crippen LogP contribution in [0.3, 0.4) is 0 Å². The average molecular weight is 201 g/mol. The maximum atomic E-state index is 10.2. The number of aromatic hydroxyl groups is 1. The number of halogens is 1. The fourth-order valence-corrected chi connectivity index (χ4v) is 1.08. The molecule has 2 N–H and O–H groups in total. The fourth-order valence-electron chi connectivity index (χ4n) is 0.965. The summed E-state index contributed by atoms with van der Waals surface area (Å²) in [5.74, 6) is -0.862. The van der Waals surface area contributed by atoms with E-state index in [1.54, 1.807) is 12.1 Å². The SMILES string of the molecule is O=C(O)CCc1ccc(Cl)c(O)c1. The number of phenols is 1. The summed E-state index contributed by atoms with van der Waals surface area (Å²) >= 11 is 5.58. The molecule has 0 bridgehead atoms. The van der Waals surface area contributed by atoms with Crippen LogP contribution in [0, 0.1) is 0 Å². The lowest BCUT2D eigenvalue weighted by molar-refractivity contribution is -0.136. The molecule has 4 heteroatoms. The molecule has 1 aromatic carbocycles. The summed E-state index contributed by atoms with van der Waals surface area (Å²) in [6.45, 7) is 0. The number of hydrogen-bond acceptors (Lipinski definition) is 2. The zero-order chi connectivity index (χ0) is 9.84. The molecule has 0 aromatic heterocycles. The molecule has 0 amide bonds. The predicted molar refractivity (Wildman–Crippen MR) is 49.1 cm³/mol. The van der Waals surface area contributed by atoms with E-state index in [2.05, 4.69) is 0 Å². The van der Waals surface area contributed by atoms with Gasteiger partial charge in [-0.15, -0.1) is 0 Å². The van der Waals surface area contributed by atoms with E-state index in [0.29, 0.717) is 6.42 Å². The average Bonchev–Trinajstić information content (AvgIpc) is 2.07. The van der Waals surface area contributed by atoms with Crippen LogP contribution in [0.1, 0.15) is 12.0 Å². The van der Waals surface area contributed by atoms with Gasteiger partial charge in [-0.05, 0) is 24.1 Å². The van der Waals surface area contributed by atoms with Crippen molar-refractivity contribution in [3.05, 3.63) is 28.8 Å². The summed E-state index contributed by atoms with van der Waals surface area (Å²) in [5.41, 5.74) is 0.768. The van der Waals surface area contributed by atoms with Gasteiger partial charge in [0.15, 0.2) is 0 Å². The van der Waals surface area contributed by atoms with Crippen molar-refractivity contribution in [2.45, 2.75) is 12.8 Å². The summed E-state index contributed by atoms with van der Waals surface area (Å²) in [7, 11) is 0. The molecule has 0 saturated carbocycles. The van der Waals surface area contributed by atoms with E-state index in [9.17, 15) is 9.90 Å². The Balaban J connectivity index is 2.68. The number of phenolic OH excluding ortho intramolecular Hbond substituents is 1. The van der Waals surface area contributed by atoms with Gasteiger partial charge in [0.25, 0.3) is 0 Å². The smallest absolute Gasteiger partial charge is 0.303 e. The van der Waals surface area contributed by atoms with Gasteiger partial charge in [0.05, 0.1) is 5.02 Å². The van der Waals surface area contributed by atoms with Gasteiger partial charge in [-0.25, -0.2) is 0 Å². The highest BCUT2D eigenvalue weighted by Gasteiger charge is 2.02. The highest BCUT2D eigenvalue weighted by Crippen LogP contribution is 2.24. The zero-order valence-electron chi connectivity index (χ0n) is 6.83. The van der Waals surface area contributed by atoms with Gasteiger partial charge in [0.1, 0.15) is 5.75 Å². The van der Waals surface area contributed by atoms with E-state index in [1.807, 2.05) is 0 Å². The van der Waals surface area contributed by atoms with Gasteiger partial charge in [0.2, 0.25) is 0 Å². The van der Waals surface area contributed by atoms with Gasteiger partial charge < -0.3 is 10.2 Å². The van der Waals surface area contributed by atoms with E-state index in [4.69, 9.17) is 16.7 Å². The largest absolute Gasteiger partial charge is 0.506 e. The molecule has 1 rings (SSSR count). The first kappa shape index (κ1) is 9.86. The van der Waals surface area contributed by atoms with Crippen LogP contribution in [0.15, 0.2) is 18.2 Å². The van der Waals surface area contributed by atoms with Crippen LogP contribution in [-0.4, -0.2) is 16.2 Å². The van der Waals surface area contributed by atoms with Crippen molar-refractivity contribution < 1.29 is 15.0 Å². The Bertz CT molecular complexity index is 323. The van der Waals surface area contributed by atoms with Crippen LogP contribution in [-0.2, 0) is 11.2 Å². The number of benzene rings is 1. The van der Waals surface area contributed by atoms with E-state index in [-0.39, 0.29) is 17.2 Å². The van der Waals surface area contributed by atoms with Crippen molar-refractivity contribution in [3.63, 3.8) is 0 Å². The third-order valence-electron chi connectivity index (χ3n) is 1.64. The predicted octanol–water partition coefficient (Wildman–Crippen LogP) is 2.06. The summed E-state index contributed by atoms with van der Waals surface area (Å²) in [5, 5.41) is 17.9. The molecule has 0 aliphatic heterocycles. The van der Waals surface area contributed by atoms with Gasteiger partial charge in [-0.2, -0.15) is 0 Å². The van der Waals surface area contributed by atoms with E-state index in [0.717, 1.165) is 5.56 Å². The normalized spacial score (nSPS) is 9.92. The van der Waals surface area contributed by atoms with Gasteiger partial charge in [-0.1, -0.05) is 17.7 Å². The maximum Gasteiger partial charge on any atom is 0.303 e. The second-order valence-electron chi connectivity index (χ2n) is 2.68. The topological polar surface area (TPSA) is 57.5 Å². The summed E-state index contributed by atoms with van der Waals surface area (Å²) < 4.78 is 0. The molecular formula is C9H9ClO3. The minimum absolute atomic E-state index is 0.00967. The Labute approximate surface area is 80.6 Å². The number of carboxylic acid groups (broad SMARTS) is 1. The third-order valence-corrected chi connectivity index (χ3v) is 1.96. The standard InChI is InChI=1S/C9H9ClO3/c10-7-3-1-6(5-8(7)11)2-4-9(12)13/h1,3,5,11H,2,4H2,(H,12,13). The lowest BCUT2D eigenvalue weighted by Gasteiger charge is -2.00. The van der Waals surface area contributed by atoms with E-state index in [1.165, 1.54) is 6.07 Å². The first-order valence-electron chi connectivity index (χ1n) is 3.79. The number of hydrogen-bond donors (Lipinski definition) is 2. The number of rotatable bonds is 3. The minimum atomic E-state index is -0.852. The molecule has 70 valence electrons. The van der Waals surface area contributed by atoms with Crippen LogP contribution in [0.4, 0.5) is 0 Å². The van der Waals surface area contributed by atoms with Gasteiger partial charge in [-0.3, -0.25) is 4.79 Å². The molecule has 0 aliphatic rings. The van der Waals surface area contributed by atoms with Crippen LogP contribution < -0.4 is 0 Å². The van der Waals surface area contributed by atoms with Crippen molar-refractivity contribution in [2.75, 3.05) is 0 Å². The van der Waals surface area contributed by atoms with Crippen molar-refractivity contribution in [3.8, 4) is 5.75 Å². The van der Waals surface area contributed by atoms with E-state index >= 15 is 0 Å². The molecule has 0 unspecified atom stereocenters. The Kier molecular flexibility index (Phi) is 3.14. The number of carbonyl (C=O) groups is 1. The third kappa shape index (κ3) is 2.95. The quantitative estimate of drug-likeness (QED) is 0.785. The van der Waals surface area contributed by atoms with Crippen LogP contribution >= 0.6 is 11.6 Å². The molecule has 0 aliphatic carbocycles. The lowest BCUT2D eigenvalue weighted by Crippen LogP contribution is -1.97. The van der Waals surface area contributed by atoms with Crippen LogP contribution in [0.5, 0.6) is 5.75 Å². The second kappa shape index (κ2) is 4.14. The summed E-state index contributed by atoms with van der Waals surface area (Å²) in [6.07, 6.45) is 0.459. The molecule has 0 atom stereocenters. The zero-order valence-corrected chi connectivity index (χ0v) is 7.58. The van der Waals surface area contributed by atoms with Gasteiger partial charge >= 0.3 is 5.97 Å². The Morgan fingerprint density at radius 3 is 2.69 bits per heavy atom. The molecule has 0 heterocycles. The van der Waals surface area contributed by atoms with Crippen molar-refractivity contribution in [2.24, 2.45) is 0 Å². The summed E-state index contributed by atoms with van der Waals surface area (Å²) in [4.78, 5) is 10.2. The number of aryl methyl sites for hydroxylation is 1. The Hall–Kier alpha value is -1.22. The van der Waals surface area contributed by atoms with Crippen molar-refractivity contribution in [1.29, 1.82) is 0 Å². The first-order valence-corrected chi connectivity index (χ1v) is 4.16. The molecule has 1 aromatic rings. The molecule has 0 radical (unpaired) electrons. The van der Waals surface area contributed by atoms with Crippen LogP contribution in [0.2, 0.25) is 5.02 Å². The lowest BCUT2D eigenvalue weighted by atomic mass is 10.1. The van der Waals surface area contributed by atoms with Gasteiger partial charge in [0, 0.05) is 6.42 Å². The number of carboxylic acids is 1. The minimum Gasteiger partial charge on any atom is -0.506 e. The molecule has 0 saturated heterocycles.